The normalized spacial score (nSPS) is 10.9. The molecule has 2 aromatic carbocycles. The monoisotopic (exact) mass is 430 g/mol. The van der Waals surface area contributed by atoms with Crippen LogP contribution in [0.3, 0.4) is 0 Å². The molecule has 0 spiro atoms. The highest BCUT2D eigenvalue weighted by molar-refractivity contribution is 7.19. The summed E-state index contributed by atoms with van der Waals surface area (Å²) in [4.78, 5) is 23.5. The number of hydrogen-bond donors (Lipinski definition) is 2. The van der Waals surface area contributed by atoms with E-state index in [1.807, 2.05) is 50.2 Å². The fraction of sp³-hybridized carbons (Fsp3) is 0.240. The molecule has 4 aromatic rings. The Balaban J connectivity index is 1.43. The summed E-state index contributed by atoms with van der Waals surface area (Å²) in [5.74, 6) is 0.850. The van der Waals surface area contributed by atoms with Gasteiger partial charge in [0.1, 0.15) is 17.0 Å². The summed E-state index contributed by atoms with van der Waals surface area (Å²) < 4.78 is 0. The van der Waals surface area contributed by atoms with Crippen molar-refractivity contribution in [2.45, 2.75) is 33.6 Å². The maximum absolute atomic E-state index is 12.4. The molecule has 0 fully saturated rings. The highest BCUT2D eigenvalue weighted by Gasteiger charge is 2.16. The van der Waals surface area contributed by atoms with Gasteiger partial charge in [0, 0.05) is 29.1 Å². The third-order valence-corrected chi connectivity index (χ3v) is 6.49. The zero-order chi connectivity index (χ0) is 21.8. The Kier molecular flexibility index (Phi) is 6.28. The first-order valence-electron chi connectivity index (χ1n) is 10.4. The van der Waals surface area contributed by atoms with Gasteiger partial charge in [-0.15, -0.1) is 11.3 Å². The lowest BCUT2D eigenvalue weighted by Gasteiger charge is -2.11. The van der Waals surface area contributed by atoms with Crippen LogP contribution in [-0.4, -0.2) is 22.4 Å². The van der Waals surface area contributed by atoms with Gasteiger partial charge < -0.3 is 10.6 Å². The van der Waals surface area contributed by atoms with Gasteiger partial charge >= 0.3 is 0 Å². The molecule has 0 aliphatic heterocycles. The van der Waals surface area contributed by atoms with E-state index >= 15 is 0 Å². The van der Waals surface area contributed by atoms with E-state index in [1.54, 1.807) is 17.7 Å². The van der Waals surface area contributed by atoms with E-state index in [0.717, 1.165) is 32.8 Å². The first kappa shape index (κ1) is 21.0. The molecule has 0 radical (unpaired) electrons. The van der Waals surface area contributed by atoms with E-state index < -0.39 is 0 Å². The topological polar surface area (TPSA) is 66.9 Å². The second-order valence-electron chi connectivity index (χ2n) is 7.63. The summed E-state index contributed by atoms with van der Waals surface area (Å²) in [6.07, 6.45) is 2.76. The number of fused-ring (bicyclic) bond motifs is 1. The average Bonchev–Trinajstić information content (AvgIpc) is 3.11. The first-order valence-corrected chi connectivity index (χ1v) is 11.3. The zero-order valence-corrected chi connectivity index (χ0v) is 18.8. The highest BCUT2D eigenvalue weighted by atomic mass is 32.1. The van der Waals surface area contributed by atoms with Gasteiger partial charge in [-0.1, -0.05) is 42.5 Å². The zero-order valence-electron chi connectivity index (χ0n) is 18.0. The van der Waals surface area contributed by atoms with Crippen molar-refractivity contribution in [1.29, 1.82) is 0 Å². The van der Waals surface area contributed by atoms with Crippen LogP contribution < -0.4 is 10.6 Å². The lowest BCUT2D eigenvalue weighted by Crippen LogP contribution is -2.14. The summed E-state index contributed by atoms with van der Waals surface area (Å²) in [5.41, 5.74) is 5.51. The van der Waals surface area contributed by atoms with Crippen LogP contribution in [0.25, 0.3) is 21.3 Å². The summed E-state index contributed by atoms with van der Waals surface area (Å²) in [7, 11) is 0. The van der Waals surface area contributed by atoms with Gasteiger partial charge in [-0.05, 0) is 49.9 Å². The molecular weight excluding hydrogens is 404 g/mol. The number of carbonyl (C=O) groups excluding carboxylic acids is 1. The lowest BCUT2D eigenvalue weighted by atomic mass is 10.0. The van der Waals surface area contributed by atoms with Crippen LogP contribution in [-0.2, 0) is 4.79 Å². The quantitative estimate of drug-likeness (QED) is 0.347. The number of nitrogens with one attached hydrogen (secondary N) is 2. The summed E-state index contributed by atoms with van der Waals surface area (Å²) in [5, 5.41) is 7.50. The number of hydrogen-bond acceptors (Lipinski definition) is 5. The van der Waals surface area contributed by atoms with Crippen LogP contribution in [0.1, 0.15) is 28.8 Å². The molecule has 0 atom stereocenters. The summed E-state index contributed by atoms with van der Waals surface area (Å²) in [6, 6.07) is 16.3. The molecule has 2 aromatic heterocycles. The predicted octanol–water partition coefficient (Wildman–Crippen LogP) is 6.11. The Hall–Kier alpha value is -3.25. The van der Waals surface area contributed by atoms with Crippen molar-refractivity contribution in [3.63, 3.8) is 0 Å². The van der Waals surface area contributed by atoms with Crippen molar-refractivity contribution in [3.05, 3.63) is 70.9 Å². The Morgan fingerprint density at radius 2 is 1.81 bits per heavy atom. The van der Waals surface area contributed by atoms with E-state index in [9.17, 15) is 4.79 Å². The van der Waals surface area contributed by atoms with Gasteiger partial charge in [0.05, 0.1) is 5.39 Å². The molecule has 5 nitrogen and oxygen atoms in total. The van der Waals surface area contributed by atoms with Crippen LogP contribution in [0.4, 0.5) is 11.5 Å². The van der Waals surface area contributed by atoms with Gasteiger partial charge in [0.15, 0.2) is 0 Å². The molecule has 1 amide bonds. The molecule has 0 aliphatic carbocycles. The molecular formula is C25H26N4OS. The fourth-order valence-corrected chi connectivity index (χ4v) is 4.70. The van der Waals surface area contributed by atoms with Crippen molar-refractivity contribution in [2.75, 3.05) is 17.2 Å². The van der Waals surface area contributed by atoms with Crippen molar-refractivity contribution in [1.82, 2.24) is 9.97 Å². The van der Waals surface area contributed by atoms with Gasteiger partial charge in [-0.2, -0.15) is 0 Å². The number of aryl methyl sites for hydroxylation is 2. The fourth-order valence-electron chi connectivity index (χ4n) is 3.69. The number of carbonyl (C=O) groups is 1. The number of nitrogens with zero attached hydrogens (tertiary/aromatic N) is 2. The van der Waals surface area contributed by atoms with Crippen LogP contribution >= 0.6 is 11.3 Å². The number of rotatable bonds is 7. The minimum absolute atomic E-state index is 0.0275. The molecule has 0 saturated heterocycles. The molecule has 0 aliphatic rings. The third kappa shape index (κ3) is 4.59. The van der Waals surface area contributed by atoms with Crippen molar-refractivity contribution in [3.8, 4) is 11.1 Å². The van der Waals surface area contributed by atoms with Gasteiger partial charge in [0.2, 0.25) is 5.91 Å². The Labute approximate surface area is 186 Å². The van der Waals surface area contributed by atoms with Crippen molar-refractivity contribution in [2.24, 2.45) is 0 Å². The number of aromatic nitrogens is 2. The van der Waals surface area contributed by atoms with Gasteiger partial charge in [0.25, 0.3) is 0 Å². The second kappa shape index (κ2) is 9.27. The van der Waals surface area contributed by atoms with E-state index in [-0.39, 0.29) is 5.91 Å². The summed E-state index contributed by atoms with van der Waals surface area (Å²) in [6.45, 7) is 6.86. The number of benzene rings is 2. The largest absolute Gasteiger partial charge is 0.369 e. The van der Waals surface area contributed by atoms with E-state index in [2.05, 4.69) is 39.7 Å². The molecule has 0 bridgehead atoms. The van der Waals surface area contributed by atoms with Crippen molar-refractivity contribution < 1.29 is 4.79 Å². The van der Waals surface area contributed by atoms with Crippen LogP contribution in [0.5, 0.6) is 0 Å². The third-order valence-electron chi connectivity index (χ3n) is 5.48. The van der Waals surface area contributed by atoms with Crippen LogP contribution in [0.15, 0.2) is 54.9 Å². The standard InChI is InChI=1S/C25H26N4OS/c1-16-9-7-12-20(17(16)2)29-21(30)13-8-14-26-24-23-22(19-10-5-4-6-11-19)18(3)31-25(23)28-15-27-24/h4-7,9-12,15H,8,13-14H2,1-3H3,(H,29,30)(H,26,27,28). The minimum atomic E-state index is 0.0275. The van der Waals surface area contributed by atoms with Crippen LogP contribution in [0, 0.1) is 20.8 Å². The molecule has 4 rings (SSSR count). The molecule has 0 saturated carbocycles. The smallest absolute Gasteiger partial charge is 0.224 e. The van der Waals surface area contributed by atoms with Gasteiger partial charge in [-0.25, -0.2) is 9.97 Å². The SMILES string of the molecule is Cc1cccc(NC(=O)CCCNc2ncnc3sc(C)c(-c4ccccc4)c23)c1C. The maximum atomic E-state index is 12.4. The molecule has 31 heavy (non-hydrogen) atoms. The van der Waals surface area contributed by atoms with Gasteiger partial charge in [-0.3, -0.25) is 4.79 Å². The maximum Gasteiger partial charge on any atom is 0.224 e. The minimum Gasteiger partial charge on any atom is -0.369 e. The molecule has 2 N–H and O–H groups in total. The molecule has 0 unspecified atom stereocenters. The Morgan fingerprint density at radius 1 is 1.00 bits per heavy atom. The van der Waals surface area contributed by atoms with Crippen LogP contribution in [0.2, 0.25) is 0 Å². The molecule has 158 valence electrons. The Bertz CT molecular complexity index is 1220. The molecule has 2 heterocycles. The van der Waals surface area contributed by atoms with E-state index in [1.165, 1.54) is 16.0 Å². The summed E-state index contributed by atoms with van der Waals surface area (Å²) >= 11 is 1.68. The predicted molar refractivity (Wildman–Crippen MR) is 130 cm³/mol. The average molecular weight is 431 g/mol. The molecule has 6 heteroatoms. The number of thiophene rings is 1. The van der Waals surface area contributed by atoms with E-state index in [4.69, 9.17) is 0 Å². The second-order valence-corrected chi connectivity index (χ2v) is 8.83. The highest BCUT2D eigenvalue weighted by Crippen LogP contribution is 2.40. The Morgan fingerprint density at radius 3 is 2.61 bits per heavy atom. The number of amides is 1. The van der Waals surface area contributed by atoms with Crippen molar-refractivity contribution >= 4 is 39.0 Å². The first-order chi connectivity index (χ1) is 15.0. The number of anilines is 2. The van der Waals surface area contributed by atoms with E-state index in [0.29, 0.717) is 19.4 Å². The lowest BCUT2D eigenvalue weighted by molar-refractivity contribution is -0.116.